The van der Waals surface area contributed by atoms with Crippen molar-refractivity contribution in [2.45, 2.75) is 37.6 Å². The lowest BCUT2D eigenvalue weighted by molar-refractivity contribution is 0.257. The number of hydrogen-bond acceptors (Lipinski definition) is 2. The van der Waals surface area contributed by atoms with Crippen molar-refractivity contribution < 1.29 is 8.42 Å². The lowest BCUT2D eigenvalue weighted by Crippen LogP contribution is -2.44. The smallest absolute Gasteiger partial charge is 0.207 e. The van der Waals surface area contributed by atoms with E-state index in [1.807, 2.05) is 26.8 Å². The van der Waals surface area contributed by atoms with Crippen LogP contribution in [0.2, 0.25) is 0 Å². The van der Waals surface area contributed by atoms with E-state index in [1.54, 1.807) is 25.2 Å². The predicted molar refractivity (Wildman–Crippen MR) is 73.5 cm³/mol. The SMILES string of the molecule is CCC(C)(C)N(C)S(=O)(=O)c1cccc(Br)c1. The summed E-state index contributed by atoms with van der Waals surface area (Å²) in [6.07, 6.45) is 0.761. The third kappa shape index (κ3) is 3.09. The number of benzene rings is 1. The Labute approximate surface area is 112 Å². The summed E-state index contributed by atoms with van der Waals surface area (Å²) >= 11 is 3.29. The van der Waals surface area contributed by atoms with Crippen LogP contribution in [0.15, 0.2) is 33.6 Å². The van der Waals surface area contributed by atoms with Crippen LogP contribution in [0.1, 0.15) is 27.2 Å². The maximum atomic E-state index is 12.4. The minimum atomic E-state index is -3.43. The first-order valence-electron chi connectivity index (χ1n) is 5.46. The van der Waals surface area contributed by atoms with Crippen LogP contribution in [0.5, 0.6) is 0 Å². The van der Waals surface area contributed by atoms with Gasteiger partial charge in [-0.05, 0) is 38.5 Å². The number of nitrogens with zero attached hydrogens (tertiary/aromatic N) is 1. The van der Waals surface area contributed by atoms with Crippen molar-refractivity contribution in [1.82, 2.24) is 4.31 Å². The van der Waals surface area contributed by atoms with Crippen molar-refractivity contribution >= 4 is 26.0 Å². The Balaban J connectivity index is 3.21. The largest absolute Gasteiger partial charge is 0.243 e. The summed E-state index contributed by atoms with van der Waals surface area (Å²) in [5.74, 6) is 0. The van der Waals surface area contributed by atoms with E-state index in [0.29, 0.717) is 4.90 Å². The molecule has 0 aromatic heterocycles. The molecule has 1 aromatic carbocycles. The fourth-order valence-electron chi connectivity index (χ4n) is 1.33. The molecule has 0 fully saturated rings. The fraction of sp³-hybridized carbons (Fsp3) is 0.500. The van der Waals surface area contributed by atoms with Gasteiger partial charge in [0.05, 0.1) is 4.90 Å². The molecule has 0 amide bonds. The Morgan fingerprint density at radius 2 is 1.94 bits per heavy atom. The summed E-state index contributed by atoms with van der Waals surface area (Å²) in [5.41, 5.74) is -0.388. The highest BCUT2D eigenvalue weighted by molar-refractivity contribution is 9.10. The average Bonchev–Trinajstić information content (AvgIpc) is 2.28. The third-order valence-corrected chi connectivity index (χ3v) is 5.73. The molecule has 5 heteroatoms. The molecule has 0 unspecified atom stereocenters. The van der Waals surface area contributed by atoms with Gasteiger partial charge in [0.2, 0.25) is 10.0 Å². The summed E-state index contributed by atoms with van der Waals surface area (Å²) in [4.78, 5) is 0.316. The van der Waals surface area contributed by atoms with Gasteiger partial charge in [-0.1, -0.05) is 28.9 Å². The number of rotatable bonds is 4. The van der Waals surface area contributed by atoms with Crippen LogP contribution in [-0.2, 0) is 10.0 Å². The second-order valence-corrected chi connectivity index (χ2v) is 7.48. The third-order valence-electron chi connectivity index (χ3n) is 3.17. The zero-order valence-corrected chi connectivity index (χ0v) is 13.0. The van der Waals surface area contributed by atoms with E-state index < -0.39 is 10.0 Å². The van der Waals surface area contributed by atoms with Crippen molar-refractivity contribution in [2.24, 2.45) is 0 Å². The molecule has 3 nitrogen and oxygen atoms in total. The quantitative estimate of drug-likeness (QED) is 0.854. The maximum Gasteiger partial charge on any atom is 0.243 e. The molecule has 1 rings (SSSR count). The van der Waals surface area contributed by atoms with Crippen LogP contribution in [-0.4, -0.2) is 25.3 Å². The van der Waals surface area contributed by atoms with Gasteiger partial charge >= 0.3 is 0 Å². The molecule has 0 N–H and O–H groups in total. The Morgan fingerprint density at radius 3 is 2.41 bits per heavy atom. The zero-order chi connectivity index (χ0) is 13.3. The van der Waals surface area contributed by atoms with E-state index in [4.69, 9.17) is 0 Å². The number of sulfonamides is 1. The van der Waals surface area contributed by atoms with E-state index in [-0.39, 0.29) is 5.54 Å². The van der Waals surface area contributed by atoms with Gasteiger partial charge in [0.1, 0.15) is 0 Å². The molecule has 0 saturated carbocycles. The van der Waals surface area contributed by atoms with E-state index in [2.05, 4.69) is 15.9 Å². The summed E-state index contributed by atoms with van der Waals surface area (Å²) < 4.78 is 27.0. The van der Waals surface area contributed by atoms with Crippen molar-refractivity contribution in [3.63, 3.8) is 0 Å². The molecule has 0 saturated heterocycles. The van der Waals surface area contributed by atoms with Crippen LogP contribution in [0.3, 0.4) is 0 Å². The Kier molecular flexibility index (Phi) is 4.38. The topological polar surface area (TPSA) is 37.4 Å². The van der Waals surface area contributed by atoms with Gasteiger partial charge in [-0.2, -0.15) is 4.31 Å². The number of hydrogen-bond donors (Lipinski definition) is 0. The van der Waals surface area contributed by atoms with Crippen LogP contribution in [0.25, 0.3) is 0 Å². The molecule has 0 heterocycles. The molecule has 0 radical (unpaired) electrons. The highest BCUT2D eigenvalue weighted by atomic mass is 79.9. The fourth-order valence-corrected chi connectivity index (χ4v) is 3.51. The van der Waals surface area contributed by atoms with Crippen molar-refractivity contribution in [3.05, 3.63) is 28.7 Å². The first kappa shape index (κ1) is 14.7. The molecule has 96 valence electrons. The molecule has 0 aliphatic heterocycles. The van der Waals surface area contributed by atoms with Gasteiger partial charge < -0.3 is 0 Å². The molecule has 0 spiro atoms. The minimum Gasteiger partial charge on any atom is -0.207 e. The van der Waals surface area contributed by atoms with E-state index >= 15 is 0 Å². The molecular weight excluding hydrogens is 302 g/mol. The molecule has 0 aliphatic rings. The van der Waals surface area contributed by atoms with Gasteiger partial charge in [0, 0.05) is 17.1 Å². The van der Waals surface area contributed by atoms with E-state index in [9.17, 15) is 8.42 Å². The van der Waals surface area contributed by atoms with Crippen LogP contribution in [0, 0.1) is 0 Å². The van der Waals surface area contributed by atoms with Crippen LogP contribution in [0.4, 0.5) is 0 Å². The second kappa shape index (κ2) is 5.08. The molecule has 0 bridgehead atoms. The van der Waals surface area contributed by atoms with Gasteiger partial charge in [-0.25, -0.2) is 8.42 Å². The van der Waals surface area contributed by atoms with Crippen molar-refractivity contribution in [3.8, 4) is 0 Å². The van der Waals surface area contributed by atoms with Crippen molar-refractivity contribution in [1.29, 1.82) is 0 Å². The molecule has 0 atom stereocenters. The number of halogens is 1. The van der Waals surface area contributed by atoms with Gasteiger partial charge in [0.25, 0.3) is 0 Å². The van der Waals surface area contributed by atoms with Gasteiger partial charge in [0.15, 0.2) is 0 Å². The summed E-state index contributed by atoms with van der Waals surface area (Å²) in [5, 5.41) is 0. The minimum absolute atomic E-state index is 0.316. The lowest BCUT2D eigenvalue weighted by atomic mass is 10.0. The van der Waals surface area contributed by atoms with Crippen LogP contribution >= 0.6 is 15.9 Å². The second-order valence-electron chi connectivity index (χ2n) is 4.60. The Hall–Kier alpha value is -0.390. The predicted octanol–water partition coefficient (Wildman–Crippen LogP) is 3.26. The Morgan fingerprint density at radius 1 is 1.35 bits per heavy atom. The van der Waals surface area contributed by atoms with E-state index in [1.165, 1.54) is 4.31 Å². The molecule has 0 aliphatic carbocycles. The standard InChI is InChI=1S/C12H18BrNO2S/c1-5-12(2,3)14(4)17(15,16)11-8-6-7-10(13)9-11/h6-9H,5H2,1-4H3. The normalized spacial score (nSPS) is 13.1. The summed E-state index contributed by atoms with van der Waals surface area (Å²) in [7, 11) is -1.80. The first-order valence-corrected chi connectivity index (χ1v) is 7.69. The average molecular weight is 320 g/mol. The highest BCUT2D eigenvalue weighted by Crippen LogP contribution is 2.26. The molecule has 17 heavy (non-hydrogen) atoms. The van der Waals surface area contributed by atoms with Crippen molar-refractivity contribution in [2.75, 3.05) is 7.05 Å². The van der Waals surface area contributed by atoms with Crippen LogP contribution < -0.4 is 0 Å². The van der Waals surface area contributed by atoms with Gasteiger partial charge in [-0.15, -0.1) is 0 Å². The maximum absolute atomic E-state index is 12.4. The zero-order valence-electron chi connectivity index (χ0n) is 10.6. The van der Waals surface area contributed by atoms with E-state index in [0.717, 1.165) is 10.9 Å². The Bertz CT molecular complexity index is 497. The highest BCUT2D eigenvalue weighted by Gasteiger charge is 2.32. The van der Waals surface area contributed by atoms with Gasteiger partial charge in [-0.3, -0.25) is 0 Å². The summed E-state index contributed by atoms with van der Waals surface area (Å²) in [6, 6.07) is 6.77. The summed E-state index contributed by atoms with van der Waals surface area (Å²) in [6.45, 7) is 5.82. The first-order chi connectivity index (χ1) is 7.71. The lowest BCUT2D eigenvalue weighted by Gasteiger charge is -2.33. The molecule has 1 aromatic rings. The molecular formula is C12H18BrNO2S. The monoisotopic (exact) mass is 319 g/mol.